The van der Waals surface area contributed by atoms with Crippen LogP contribution in [0.25, 0.3) is 0 Å². The normalized spacial score (nSPS) is 14.9. The number of hydrazone groups is 1. The van der Waals surface area contributed by atoms with Crippen LogP contribution in [-0.4, -0.2) is 36.0 Å². The molecular formula is C14H17N3O2. The fraction of sp³-hybridized carbons (Fsp3) is 0.357. The zero-order chi connectivity index (χ0) is 13.7. The van der Waals surface area contributed by atoms with Crippen LogP contribution in [-0.2, 0) is 9.59 Å². The molecule has 100 valence electrons. The number of amides is 2. The summed E-state index contributed by atoms with van der Waals surface area (Å²) in [6.45, 7) is 3.32. The van der Waals surface area contributed by atoms with Crippen molar-refractivity contribution in [3.8, 4) is 0 Å². The lowest BCUT2D eigenvalue weighted by molar-refractivity contribution is -0.145. The van der Waals surface area contributed by atoms with Gasteiger partial charge in [0, 0.05) is 13.1 Å². The summed E-state index contributed by atoms with van der Waals surface area (Å²) in [5.41, 5.74) is 4.29. The number of benzene rings is 1. The number of carbonyl (C=O) groups is 2. The molecule has 2 rings (SSSR count). The lowest BCUT2D eigenvalue weighted by Crippen LogP contribution is -2.39. The first-order valence-electron chi connectivity index (χ1n) is 6.36. The van der Waals surface area contributed by atoms with E-state index in [1.165, 1.54) is 6.21 Å². The molecule has 0 atom stereocenters. The first-order chi connectivity index (χ1) is 9.16. The SMILES string of the molecule is Cc1ccc(C=NNC(=O)C(=O)N2CCCC2)cc1. The Labute approximate surface area is 112 Å². The first-order valence-corrected chi connectivity index (χ1v) is 6.36. The predicted molar refractivity (Wildman–Crippen MR) is 72.7 cm³/mol. The number of rotatable bonds is 2. The van der Waals surface area contributed by atoms with Crippen molar-refractivity contribution in [1.29, 1.82) is 0 Å². The van der Waals surface area contributed by atoms with E-state index in [1.54, 1.807) is 4.90 Å². The van der Waals surface area contributed by atoms with Gasteiger partial charge in [0.2, 0.25) is 0 Å². The third-order valence-corrected chi connectivity index (χ3v) is 3.04. The van der Waals surface area contributed by atoms with E-state index in [9.17, 15) is 9.59 Å². The molecular weight excluding hydrogens is 242 g/mol. The lowest BCUT2D eigenvalue weighted by atomic mass is 10.2. The second-order valence-electron chi connectivity index (χ2n) is 4.61. The third kappa shape index (κ3) is 3.64. The van der Waals surface area contributed by atoms with Crippen LogP contribution in [0.5, 0.6) is 0 Å². The minimum absolute atomic E-state index is 0.501. The predicted octanol–water partition coefficient (Wildman–Crippen LogP) is 1.07. The highest BCUT2D eigenvalue weighted by Gasteiger charge is 2.23. The van der Waals surface area contributed by atoms with Crippen molar-refractivity contribution in [2.45, 2.75) is 19.8 Å². The number of nitrogens with zero attached hydrogens (tertiary/aromatic N) is 2. The van der Waals surface area contributed by atoms with Gasteiger partial charge in [0.25, 0.3) is 0 Å². The minimum Gasteiger partial charge on any atom is -0.334 e. The highest BCUT2D eigenvalue weighted by atomic mass is 16.2. The van der Waals surface area contributed by atoms with Crippen LogP contribution in [0.1, 0.15) is 24.0 Å². The van der Waals surface area contributed by atoms with Gasteiger partial charge in [-0.25, -0.2) is 5.43 Å². The fourth-order valence-corrected chi connectivity index (χ4v) is 1.93. The van der Waals surface area contributed by atoms with Crippen LogP contribution in [0.3, 0.4) is 0 Å². The maximum absolute atomic E-state index is 11.7. The van der Waals surface area contributed by atoms with E-state index in [-0.39, 0.29) is 0 Å². The number of aryl methyl sites for hydroxylation is 1. The zero-order valence-corrected chi connectivity index (χ0v) is 10.9. The van der Waals surface area contributed by atoms with Gasteiger partial charge in [-0.2, -0.15) is 5.10 Å². The molecule has 5 heteroatoms. The number of hydrogen-bond donors (Lipinski definition) is 1. The molecule has 1 saturated heterocycles. The van der Waals surface area contributed by atoms with E-state index >= 15 is 0 Å². The van der Waals surface area contributed by atoms with Gasteiger partial charge in [-0.3, -0.25) is 9.59 Å². The molecule has 1 aromatic carbocycles. The molecule has 1 aliphatic heterocycles. The Kier molecular flexibility index (Phi) is 4.28. The molecule has 1 aromatic rings. The Morgan fingerprint density at radius 3 is 2.47 bits per heavy atom. The highest BCUT2D eigenvalue weighted by molar-refractivity contribution is 6.35. The quantitative estimate of drug-likeness (QED) is 0.490. The third-order valence-electron chi connectivity index (χ3n) is 3.04. The van der Waals surface area contributed by atoms with Crippen LogP contribution < -0.4 is 5.43 Å². The van der Waals surface area contributed by atoms with E-state index < -0.39 is 11.8 Å². The Bertz CT molecular complexity index is 488. The smallest absolute Gasteiger partial charge is 0.329 e. The Morgan fingerprint density at radius 2 is 1.84 bits per heavy atom. The second-order valence-corrected chi connectivity index (χ2v) is 4.61. The van der Waals surface area contributed by atoms with E-state index in [1.807, 2.05) is 31.2 Å². The molecule has 0 aliphatic carbocycles. The summed E-state index contributed by atoms with van der Waals surface area (Å²) in [7, 11) is 0. The first kappa shape index (κ1) is 13.3. The van der Waals surface area contributed by atoms with Crippen LogP contribution in [0.15, 0.2) is 29.4 Å². The van der Waals surface area contributed by atoms with Gasteiger partial charge in [0.05, 0.1) is 6.21 Å². The van der Waals surface area contributed by atoms with Gasteiger partial charge < -0.3 is 4.90 Å². The average Bonchev–Trinajstić information content (AvgIpc) is 2.94. The van der Waals surface area contributed by atoms with Crippen LogP contribution in [0, 0.1) is 6.92 Å². The van der Waals surface area contributed by atoms with Crippen molar-refractivity contribution in [2.75, 3.05) is 13.1 Å². The summed E-state index contributed by atoms with van der Waals surface area (Å²) in [5, 5.41) is 3.79. The molecule has 1 heterocycles. The molecule has 0 radical (unpaired) electrons. The zero-order valence-electron chi connectivity index (χ0n) is 10.9. The number of nitrogens with one attached hydrogen (secondary N) is 1. The van der Waals surface area contributed by atoms with E-state index in [0.717, 1.165) is 24.0 Å². The molecule has 1 fully saturated rings. The Hall–Kier alpha value is -2.17. The van der Waals surface area contributed by atoms with E-state index in [2.05, 4.69) is 10.5 Å². The number of carbonyl (C=O) groups excluding carboxylic acids is 2. The molecule has 0 aromatic heterocycles. The van der Waals surface area contributed by atoms with E-state index in [0.29, 0.717) is 13.1 Å². The monoisotopic (exact) mass is 259 g/mol. The largest absolute Gasteiger partial charge is 0.334 e. The molecule has 19 heavy (non-hydrogen) atoms. The van der Waals surface area contributed by atoms with Gasteiger partial charge in [-0.1, -0.05) is 29.8 Å². The van der Waals surface area contributed by atoms with Crippen molar-refractivity contribution < 1.29 is 9.59 Å². The Balaban J connectivity index is 1.85. The van der Waals surface area contributed by atoms with Gasteiger partial charge in [0.1, 0.15) is 0 Å². The fourth-order valence-electron chi connectivity index (χ4n) is 1.93. The molecule has 0 unspecified atom stereocenters. The standard InChI is InChI=1S/C14H17N3O2/c1-11-4-6-12(7-5-11)10-15-16-13(18)14(19)17-8-2-3-9-17/h4-7,10H,2-3,8-9H2,1H3,(H,16,18). The van der Waals surface area contributed by atoms with Gasteiger partial charge >= 0.3 is 11.8 Å². The van der Waals surface area contributed by atoms with Gasteiger partial charge in [-0.15, -0.1) is 0 Å². The summed E-state index contributed by atoms with van der Waals surface area (Å²) >= 11 is 0. The van der Waals surface area contributed by atoms with Crippen molar-refractivity contribution in [3.63, 3.8) is 0 Å². The molecule has 0 bridgehead atoms. The topological polar surface area (TPSA) is 61.8 Å². The number of hydrogen-bond acceptors (Lipinski definition) is 3. The maximum atomic E-state index is 11.7. The highest BCUT2D eigenvalue weighted by Crippen LogP contribution is 2.07. The molecule has 0 saturated carbocycles. The van der Waals surface area contributed by atoms with Crippen molar-refractivity contribution in [3.05, 3.63) is 35.4 Å². The molecule has 0 spiro atoms. The van der Waals surface area contributed by atoms with Crippen LogP contribution in [0.2, 0.25) is 0 Å². The summed E-state index contributed by atoms with van der Waals surface area (Å²) in [6.07, 6.45) is 3.45. The van der Waals surface area contributed by atoms with Crippen molar-refractivity contribution >= 4 is 18.0 Å². The summed E-state index contributed by atoms with van der Waals surface area (Å²) in [6, 6.07) is 7.71. The number of likely N-dealkylation sites (tertiary alicyclic amines) is 1. The summed E-state index contributed by atoms with van der Waals surface area (Å²) in [4.78, 5) is 24.8. The van der Waals surface area contributed by atoms with E-state index in [4.69, 9.17) is 0 Å². The van der Waals surface area contributed by atoms with Gasteiger partial charge in [0.15, 0.2) is 0 Å². The Morgan fingerprint density at radius 1 is 1.21 bits per heavy atom. The molecule has 1 aliphatic rings. The molecule has 1 N–H and O–H groups in total. The summed E-state index contributed by atoms with van der Waals surface area (Å²) < 4.78 is 0. The van der Waals surface area contributed by atoms with Crippen molar-refractivity contribution in [2.24, 2.45) is 5.10 Å². The van der Waals surface area contributed by atoms with Crippen LogP contribution in [0.4, 0.5) is 0 Å². The van der Waals surface area contributed by atoms with Crippen LogP contribution >= 0.6 is 0 Å². The molecule has 2 amide bonds. The average molecular weight is 259 g/mol. The summed E-state index contributed by atoms with van der Waals surface area (Å²) in [5.74, 6) is -1.18. The molecule has 5 nitrogen and oxygen atoms in total. The minimum atomic E-state index is -0.676. The maximum Gasteiger partial charge on any atom is 0.329 e. The second kappa shape index (κ2) is 6.13. The lowest BCUT2D eigenvalue weighted by Gasteiger charge is -2.12. The van der Waals surface area contributed by atoms with Crippen molar-refractivity contribution in [1.82, 2.24) is 10.3 Å². The van der Waals surface area contributed by atoms with Gasteiger partial charge in [-0.05, 0) is 25.3 Å².